The molecule has 0 aromatic heterocycles. The molecule has 0 amide bonds. The van der Waals surface area contributed by atoms with Gasteiger partial charge in [-0.2, -0.15) is 0 Å². The minimum absolute atomic E-state index is 0.432. The Morgan fingerprint density at radius 1 is 1.08 bits per heavy atom. The fourth-order valence-electron chi connectivity index (χ4n) is 1.64. The summed E-state index contributed by atoms with van der Waals surface area (Å²) in [7, 11) is 2.02. The van der Waals surface area contributed by atoms with E-state index >= 15 is 0 Å². The van der Waals surface area contributed by atoms with Crippen LogP contribution in [0.5, 0.6) is 0 Å². The van der Waals surface area contributed by atoms with Gasteiger partial charge in [-0.3, -0.25) is 0 Å². The SMILES string of the molecule is CC.CNC1CC(C)OC(C)C1. The van der Waals surface area contributed by atoms with Gasteiger partial charge >= 0.3 is 0 Å². The first-order valence-electron chi connectivity index (χ1n) is 5.05. The summed E-state index contributed by atoms with van der Waals surface area (Å²) < 4.78 is 5.58. The van der Waals surface area contributed by atoms with E-state index in [0.717, 1.165) is 12.8 Å². The predicted molar refractivity (Wildman–Crippen MR) is 53.4 cm³/mol. The Labute approximate surface area is 76.7 Å². The quantitative estimate of drug-likeness (QED) is 0.656. The molecule has 1 aliphatic rings. The second-order valence-electron chi connectivity index (χ2n) is 3.21. The molecule has 1 heterocycles. The second-order valence-corrected chi connectivity index (χ2v) is 3.21. The zero-order valence-corrected chi connectivity index (χ0v) is 9.05. The van der Waals surface area contributed by atoms with Crippen LogP contribution in [0.25, 0.3) is 0 Å². The van der Waals surface area contributed by atoms with Gasteiger partial charge in [0.1, 0.15) is 0 Å². The lowest BCUT2D eigenvalue weighted by molar-refractivity contribution is -0.0409. The highest BCUT2D eigenvalue weighted by atomic mass is 16.5. The third-order valence-electron chi connectivity index (χ3n) is 2.11. The molecule has 2 unspecified atom stereocenters. The van der Waals surface area contributed by atoms with Crippen molar-refractivity contribution in [1.82, 2.24) is 5.32 Å². The fourth-order valence-corrected chi connectivity index (χ4v) is 1.64. The van der Waals surface area contributed by atoms with Crippen molar-refractivity contribution in [2.24, 2.45) is 0 Å². The zero-order valence-electron chi connectivity index (χ0n) is 9.05. The molecule has 1 fully saturated rings. The molecule has 0 aromatic carbocycles. The average molecular weight is 173 g/mol. The van der Waals surface area contributed by atoms with Gasteiger partial charge in [0.2, 0.25) is 0 Å². The molecule has 2 nitrogen and oxygen atoms in total. The van der Waals surface area contributed by atoms with E-state index in [0.29, 0.717) is 18.2 Å². The summed E-state index contributed by atoms with van der Waals surface area (Å²) in [6.45, 7) is 8.28. The van der Waals surface area contributed by atoms with E-state index in [-0.39, 0.29) is 0 Å². The first kappa shape index (κ1) is 11.9. The Morgan fingerprint density at radius 3 is 1.83 bits per heavy atom. The van der Waals surface area contributed by atoms with Crippen molar-refractivity contribution in [3.05, 3.63) is 0 Å². The van der Waals surface area contributed by atoms with E-state index in [2.05, 4.69) is 19.2 Å². The maximum atomic E-state index is 5.58. The van der Waals surface area contributed by atoms with Crippen molar-refractivity contribution in [2.75, 3.05) is 7.05 Å². The highest BCUT2D eigenvalue weighted by molar-refractivity contribution is 4.76. The van der Waals surface area contributed by atoms with Gasteiger partial charge in [0.05, 0.1) is 12.2 Å². The number of hydrogen-bond donors (Lipinski definition) is 1. The monoisotopic (exact) mass is 173 g/mol. The standard InChI is InChI=1S/C8H17NO.C2H6/c1-6-4-8(9-3)5-7(2)10-6;1-2/h6-9H,4-5H2,1-3H3;1-2H3. The molecule has 0 saturated carbocycles. The number of hydrogen-bond acceptors (Lipinski definition) is 2. The fraction of sp³-hybridized carbons (Fsp3) is 1.00. The maximum absolute atomic E-state index is 5.58. The van der Waals surface area contributed by atoms with Crippen LogP contribution in [0, 0.1) is 0 Å². The summed E-state index contributed by atoms with van der Waals surface area (Å²) in [6.07, 6.45) is 3.17. The Balaban J connectivity index is 0.000000561. The van der Waals surface area contributed by atoms with E-state index in [1.807, 2.05) is 20.9 Å². The van der Waals surface area contributed by atoms with Crippen molar-refractivity contribution >= 4 is 0 Å². The Bertz CT molecular complexity index is 96.0. The Hall–Kier alpha value is -0.0800. The molecule has 2 heteroatoms. The van der Waals surface area contributed by atoms with E-state index in [1.54, 1.807) is 0 Å². The molecule has 12 heavy (non-hydrogen) atoms. The van der Waals surface area contributed by atoms with Crippen LogP contribution in [0.4, 0.5) is 0 Å². The summed E-state index contributed by atoms with van der Waals surface area (Å²) in [5.41, 5.74) is 0. The lowest BCUT2D eigenvalue weighted by Crippen LogP contribution is -2.39. The van der Waals surface area contributed by atoms with Crippen molar-refractivity contribution in [3.63, 3.8) is 0 Å². The Kier molecular flexibility index (Phi) is 6.39. The molecule has 1 N–H and O–H groups in total. The number of ether oxygens (including phenoxy) is 1. The van der Waals surface area contributed by atoms with Gasteiger partial charge in [0.15, 0.2) is 0 Å². The van der Waals surface area contributed by atoms with E-state index < -0.39 is 0 Å². The molecule has 0 spiro atoms. The molecule has 0 bridgehead atoms. The lowest BCUT2D eigenvalue weighted by atomic mass is 10.0. The van der Waals surface area contributed by atoms with E-state index in [1.165, 1.54) is 0 Å². The normalized spacial score (nSPS) is 35.2. The van der Waals surface area contributed by atoms with Crippen LogP contribution in [0.1, 0.15) is 40.5 Å². The van der Waals surface area contributed by atoms with Crippen LogP contribution in [-0.4, -0.2) is 25.3 Å². The molecule has 0 aromatic rings. The van der Waals surface area contributed by atoms with Crippen LogP contribution in [-0.2, 0) is 4.74 Å². The van der Waals surface area contributed by atoms with Crippen LogP contribution in [0.2, 0.25) is 0 Å². The minimum Gasteiger partial charge on any atom is -0.375 e. The second kappa shape index (κ2) is 6.44. The van der Waals surface area contributed by atoms with Gasteiger partial charge in [-0.25, -0.2) is 0 Å². The Morgan fingerprint density at radius 2 is 1.50 bits per heavy atom. The zero-order chi connectivity index (χ0) is 9.56. The number of rotatable bonds is 1. The first-order chi connectivity index (χ1) is 5.72. The molecule has 2 atom stereocenters. The van der Waals surface area contributed by atoms with Gasteiger partial charge in [-0.05, 0) is 33.7 Å². The van der Waals surface area contributed by atoms with E-state index in [9.17, 15) is 0 Å². The molecule has 1 rings (SSSR count). The van der Waals surface area contributed by atoms with Crippen molar-refractivity contribution in [3.8, 4) is 0 Å². The highest BCUT2D eigenvalue weighted by Gasteiger charge is 2.22. The smallest absolute Gasteiger partial charge is 0.0565 e. The van der Waals surface area contributed by atoms with Crippen molar-refractivity contribution in [1.29, 1.82) is 0 Å². The van der Waals surface area contributed by atoms with Crippen LogP contribution < -0.4 is 5.32 Å². The molecule has 1 aliphatic heterocycles. The highest BCUT2D eigenvalue weighted by Crippen LogP contribution is 2.18. The molecule has 0 aliphatic carbocycles. The van der Waals surface area contributed by atoms with Crippen LogP contribution in [0.15, 0.2) is 0 Å². The topological polar surface area (TPSA) is 21.3 Å². The summed E-state index contributed by atoms with van der Waals surface area (Å²) >= 11 is 0. The third-order valence-corrected chi connectivity index (χ3v) is 2.11. The maximum Gasteiger partial charge on any atom is 0.0565 e. The third kappa shape index (κ3) is 4.07. The van der Waals surface area contributed by atoms with Crippen molar-refractivity contribution in [2.45, 2.75) is 58.8 Å². The molecule has 0 radical (unpaired) electrons. The van der Waals surface area contributed by atoms with Crippen molar-refractivity contribution < 1.29 is 4.74 Å². The molecule has 74 valence electrons. The predicted octanol–water partition coefficient (Wildman–Crippen LogP) is 2.19. The summed E-state index contributed by atoms with van der Waals surface area (Å²) in [6, 6.07) is 0.666. The molecular weight excluding hydrogens is 150 g/mol. The largest absolute Gasteiger partial charge is 0.375 e. The average Bonchev–Trinajstić information content (AvgIpc) is 2.06. The van der Waals surface area contributed by atoms with Gasteiger partial charge in [0, 0.05) is 6.04 Å². The van der Waals surface area contributed by atoms with Gasteiger partial charge in [-0.1, -0.05) is 13.8 Å². The van der Waals surface area contributed by atoms with Gasteiger partial charge < -0.3 is 10.1 Å². The lowest BCUT2D eigenvalue weighted by Gasteiger charge is -2.31. The van der Waals surface area contributed by atoms with Crippen LogP contribution >= 0.6 is 0 Å². The minimum atomic E-state index is 0.432. The number of nitrogens with one attached hydrogen (secondary N) is 1. The first-order valence-corrected chi connectivity index (χ1v) is 5.05. The molecular formula is C10H23NO. The van der Waals surface area contributed by atoms with Gasteiger partial charge in [0.25, 0.3) is 0 Å². The van der Waals surface area contributed by atoms with Gasteiger partial charge in [-0.15, -0.1) is 0 Å². The van der Waals surface area contributed by atoms with Crippen LogP contribution in [0.3, 0.4) is 0 Å². The molecule has 1 saturated heterocycles. The summed E-state index contributed by atoms with van der Waals surface area (Å²) in [4.78, 5) is 0. The summed E-state index contributed by atoms with van der Waals surface area (Å²) in [5.74, 6) is 0. The van der Waals surface area contributed by atoms with E-state index in [4.69, 9.17) is 4.74 Å². The summed E-state index contributed by atoms with van der Waals surface area (Å²) in [5, 5.41) is 3.28.